The first-order valence-corrected chi connectivity index (χ1v) is 7.10. The van der Waals surface area contributed by atoms with Crippen LogP contribution in [0.25, 0.3) is 4.96 Å². The highest BCUT2D eigenvalue weighted by molar-refractivity contribution is 7.98. The zero-order valence-electron chi connectivity index (χ0n) is 9.52. The molecule has 0 unspecified atom stereocenters. The third-order valence-electron chi connectivity index (χ3n) is 2.21. The molecule has 0 aromatic carbocycles. The van der Waals surface area contributed by atoms with Gasteiger partial charge in [-0.2, -0.15) is 9.61 Å². The highest BCUT2D eigenvalue weighted by atomic mass is 32.2. The maximum absolute atomic E-state index is 11.7. The lowest BCUT2D eigenvalue weighted by atomic mass is 10.4. The lowest BCUT2D eigenvalue weighted by molar-refractivity contribution is 0.414. The highest BCUT2D eigenvalue weighted by Gasteiger charge is 2.08. The average molecular weight is 296 g/mol. The van der Waals surface area contributed by atoms with E-state index >= 15 is 0 Å². The molecular weight excluding hydrogens is 288 g/mol. The van der Waals surface area contributed by atoms with E-state index in [4.69, 9.17) is 10.2 Å². The Hall–Kier alpha value is -1.78. The molecule has 0 radical (unpaired) electrons. The molecule has 0 spiro atoms. The van der Waals surface area contributed by atoms with Crippen molar-refractivity contribution in [2.24, 2.45) is 5.73 Å². The maximum Gasteiger partial charge on any atom is 0.277 e. The van der Waals surface area contributed by atoms with Crippen molar-refractivity contribution in [3.63, 3.8) is 0 Å². The molecule has 0 saturated heterocycles. The van der Waals surface area contributed by atoms with Gasteiger partial charge in [0.1, 0.15) is 5.51 Å². The van der Waals surface area contributed by atoms with Gasteiger partial charge < -0.3 is 10.2 Å². The fraction of sp³-hybridized carbons (Fsp3) is 0.222. The van der Waals surface area contributed by atoms with Gasteiger partial charge in [-0.15, -0.1) is 10.2 Å². The smallest absolute Gasteiger partial charge is 0.277 e. The van der Waals surface area contributed by atoms with E-state index in [-0.39, 0.29) is 12.1 Å². The number of nitrogens with two attached hydrogens (primary N) is 1. The maximum atomic E-state index is 11.7. The summed E-state index contributed by atoms with van der Waals surface area (Å²) in [7, 11) is 0. The third-order valence-corrected chi connectivity index (χ3v) is 3.73. The molecule has 98 valence electrons. The van der Waals surface area contributed by atoms with E-state index in [1.807, 2.05) is 0 Å². The van der Waals surface area contributed by atoms with E-state index in [1.54, 1.807) is 5.51 Å². The summed E-state index contributed by atoms with van der Waals surface area (Å²) in [5.74, 6) is 0.851. The van der Waals surface area contributed by atoms with Crippen molar-refractivity contribution in [1.29, 1.82) is 0 Å². The molecule has 3 aromatic rings. The van der Waals surface area contributed by atoms with Crippen LogP contribution in [0.1, 0.15) is 11.6 Å². The third kappa shape index (κ3) is 2.50. The van der Waals surface area contributed by atoms with Crippen molar-refractivity contribution >= 4 is 28.1 Å². The van der Waals surface area contributed by atoms with Crippen molar-refractivity contribution in [2.45, 2.75) is 17.5 Å². The zero-order chi connectivity index (χ0) is 13.2. The van der Waals surface area contributed by atoms with Crippen LogP contribution in [-0.2, 0) is 12.3 Å². The first-order chi connectivity index (χ1) is 9.26. The first kappa shape index (κ1) is 12.3. The second-order valence-electron chi connectivity index (χ2n) is 3.47. The molecule has 0 aliphatic heterocycles. The summed E-state index contributed by atoms with van der Waals surface area (Å²) in [6.45, 7) is 0.208. The average Bonchev–Trinajstić information content (AvgIpc) is 3.05. The van der Waals surface area contributed by atoms with Gasteiger partial charge in [-0.3, -0.25) is 4.79 Å². The van der Waals surface area contributed by atoms with Crippen LogP contribution in [0.4, 0.5) is 0 Å². The minimum absolute atomic E-state index is 0.199. The largest absolute Gasteiger partial charge is 0.415 e. The molecule has 0 amide bonds. The van der Waals surface area contributed by atoms with Crippen molar-refractivity contribution < 1.29 is 4.42 Å². The lowest BCUT2D eigenvalue weighted by Crippen LogP contribution is -2.14. The number of fused-ring (bicyclic) bond motifs is 1. The van der Waals surface area contributed by atoms with Crippen LogP contribution < -0.4 is 11.3 Å². The van der Waals surface area contributed by atoms with Gasteiger partial charge in [0, 0.05) is 11.8 Å². The summed E-state index contributed by atoms with van der Waals surface area (Å²) < 4.78 is 6.51. The Morgan fingerprint density at radius 1 is 1.47 bits per heavy atom. The molecule has 3 aromatic heterocycles. The second-order valence-corrected chi connectivity index (χ2v) is 5.21. The van der Waals surface area contributed by atoms with E-state index in [1.165, 1.54) is 33.7 Å². The van der Waals surface area contributed by atoms with Crippen molar-refractivity contribution in [3.05, 3.63) is 33.5 Å². The molecule has 3 rings (SSSR count). The second kappa shape index (κ2) is 5.07. The molecule has 0 atom stereocenters. The Morgan fingerprint density at radius 3 is 3.16 bits per heavy atom. The quantitative estimate of drug-likeness (QED) is 0.683. The number of thioether (sulfide) groups is 1. The standard InChI is InChI=1S/C9H8N6O2S2/c10-2-6-13-14-9(17-6)18-3-5-1-7(16)15-8(12-5)19-4-11-15/h1,4H,2-3,10H2. The normalized spacial score (nSPS) is 11.2. The molecule has 0 fully saturated rings. The molecule has 19 heavy (non-hydrogen) atoms. The van der Waals surface area contributed by atoms with E-state index in [0.29, 0.717) is 27.5 Å². The molecule has 8 nitrogen and oxygen atoms in total. The SMILES string of the molecule is NCc1nnc(SCc2cc(=O)n3ncsc3n2)o1. The summed E-state index contributed by atoms with van der Waals surface area (Å²) in [4.78, 5) is 16.6. The molecule has 0 bridgehead atoms. The Kier molecular flexibility index (Phi) is 3.27. The minimum atomic E-state index is -0.199. The highest BCUT2D eigenvalue weighted by Crippen LogP contribution is 2.20. The Morgan fingerprint density at radius 2 is 2.37 bits per heavy atom. The van der Waals surface area contributed by atoms with Crippen LogP contribution in [0.5, 0.6) is 0 Å². The summed E-state index contributed by atoms with van der Waals surface area (Å²) in [5.41, 5.74) is 7.39. The number of rotatable bonds is 4. The van der Waals surface area contributed by atoms with Crippen LogP contribution in [-0.4, -0.2) is 24.8 Å². The van der Waals surface area contributed by atoms with Crippen LogP contribution in [0.2, 0.25) is 0 Å². The molecule has 0 saturated carbocycles. The summed E-state index contributed by atoms with van der Waals surface area (Å²) in [6.07, 6.45) is 0. The molecule has 0 aliphatic rings. The monoisotopic (exact) mass is 296 g/mol. The van der Waals surface area contributed by atoms with Gasteiger partial charge >= 0.3 is 0 Å². The molecule has 0 aliphatic carbocycles. The molecular formula is C9H8N6O2S2. The van der Waals surface area contributed by atoms with Crippen LogP contribution in [0, 0.1) is 0 Å². The van der Waals surface area contributed by atoms with Gasteiger partial charge in [0.05, 0.1) is 12.2 Å². The van der Waals surface area contributed by atoms with Crippen LogP contribution in [0.15, 0.2) is 26.0 Å². The predicted octanol–water partition coefficient (Wildman–Crippen LogP) is 0.285. The molecule has 10 heteroatoms. The summed E-state index contributed by atoms with van der Waals surface area (Å²) in [6, 6.07) is 1.44. The Bertz CT molecular complexity index is 763. The fourth-order valence-corrected chi connectivity index (χ4v) is 2.71. The van der Waals surface area contributed by atoms with E-state index in [9.17, 15) is 4.79 Å². The number of hydrogen-bond acceptors (Lipinski definition) is 9. The van der Waals surface area contributed by atoms with Crippen LogP contribution >= 0.6 is 23.1 Å². The zero-order valence-corrected chi connectivity index (χ0v) is 11.1. The Labute approximate surface area is 114 Å². The van der Waals surface area contributed by atoms with E-state index in [2.05, 4.69) is 20.3 Å². The van der Waals surface area contributed by atoms with Crippen molar-refractivity contribution in [3.8, 4) is 0 Å². The number of nitrogens with zero attached hydrogens (tertiary/aromatic N) is 5. The Balaban J connectivity index is 1.79. The van der Waals surface area contributed by atoms with E-state index in [0.717, 1.165) is 0 Å². The van der Waals surface area contributed by atoms with E-state index < -0.39 is 0 Å². The van der Waals surface area contributed by atoms with Gasteiger partial charge in [-0.1, -0.05) is 23.1 Å². The lowest BCUT2D eigenvalue weighted by Gasteiger charge is -1.97. The van der Waals surface area contributed by atoms with Gasteiger partial charge in [0.2, 0.25) is 10.9 Å². The van der Waals surface area contributed by atoms with Crippen molar-refractivity contribution in [1.82, 2.24) is 24.8 Å². The van der Waals surface area contributed by atoms with Crippen LogP contribution in [0.3, 0.4) is 0 Å². The summed E-state index contributed by atoms with van der Waals surface area (Å²) in [5, 5.41) is 11.9. The van der Waals surface area contributed by atoms with Gasteiger partial charge in [0.15, 0.2) is 0 Å². The molecule has 2 N–H and O–H groups in total. The predicted molar refractivity (Wildman–Crippen MR) is 68.9 cm³/mol. The van der Waals surface area contributed by atoms with Gasteiger partial charge in [0.25, 0.3) is 10.8 Å². The van der Waals surface area contributed by atoms with Gasteiger partial charge in [-0.25, -0.2) is 4.98 Å². The molecule has 3 heterocycles. The summed E-state index contributed by atoms with van der Waals surface area (Å²) >= 11 is 2.62. The topological polar surface area (TPSA) is 112 Å². The number of aromatic nitrogens is 5. The minimum Gasteiger partial charge on any atom is -0.415 e. The first-order valence-electron chi connectivity index (χ1n) is 5.24. The number of hydrogen-bond donors (Lipinski definition) is 1. The van der Waals surface area contributed by atoms with Crippen molar-refractivity contribution in [2.75, 3.05) is 0 Å². The fourth-order valence-electron chi connectivity index (χ4n) is 1.39. The van der Waals surface area contributed by atoms with Gasteiger partial charge in [-0.05, 0) is 0 Å².